The zero-order chi connectivity index (χ0) is 11.5. The van der Waals surface area contributed by atoms with Gasteiger partial charge >= 0.3 is 0 Å². The van der Waals surface area contributed by atoms with Gasteiger partial charge in [0.05, 0.1) is 11.4 Å². The van der Waals surface area contributed by atoms with Crippen LogP contribution in [0.25, 0.3) is 0 Å². The summed E-state index contributed by atoms with van der Waals surface area (Å²) in [6.07, 6.45) is 0.531. The Kier molecular flexibility index (Phi) is 3.68. The molecule has 3 nitrogen and oxygen atoms in total. The summed E-state index contributed by atoms with van der Waals surface area (Å²) in [5, 5.41) is 0. The van der Waals surface area contributed by atoms with Crippen LogP contribution in [0.2, 0.25) is 0 Å². The van der Waals surface area contributed by atoms with Crippen LogP contribution in [0.15, 0.2) is 18.2 Å². The number of hydrogen-bond acceptors (Lipinski definition) is 2. The van der Waals surface area contributed by atoms with E-state index in [1.54, 1.807) is 19.9 Å². The summed E-state index contributed by atoms with van der Waals surface area (Å²) in [5.74, 6) is -0.396. The smallest absolute Gasteiger partial charge is 0.232 e. The molecule has 84 valence electrons. The molecule has 5 heteroatoms. The molecule has 0 aliphatic carbocycles. The number of halogens is 1. The minimum Gasteiger partial charge on any atom is -0.283 e. The second-order valence-electron chi connectivity index (χ2n) is 3.44. The second-order valence-corrected chi connectivity index (χ2v) is 5.28. The van der Waals surface area contributed by atoms with E-state index in [4.69, 9.17) is 0 Å². The molecule has 15 heavy (non-hydrogen) atoms. The molecule has 0 aliphatic heterocycles. The monoisotopic (exact) mass is 231 g/mol. The third-order valence-corrected chi connectivity index (χ3v) is 3.28. The molecule has 1 N–H and O–H groups in total. The summed E-state index contributed by atoms with van der Waals surface area (Å²) < 4.78 is 38.1. The summed E-state index contributed by atoms with van der Waals surface area (Å²) >= 11 is 0. The van der Waals surface area contributed by atoms with Crippen LogP contribution in [0.5, 0.6) is 0 Å². The lowest BCUT2D eigenvalue weighted by molar-refractivity contribution is 0.599. The minimum absolute atomic E-state index is 0.0442. The Morgan fingerprint density at radius 1 is 1.33 bits per heavy atom. The third kappa shape index (κ3) is 3.87. The van der Waals surface area contributed by atoms with E-state index >= 15 is 0 Å². The summed E-state index contributed by atoms with van der Waals surface area (Å²) in [7, 11) is -3.33. The van der Waals surface area contributed by atoms with Gasteiger partial charge in [0, 0.05) is 0 Å². The summed E-state index contributed by atoms with van der Waals surface area (Å²) in [6, 6.07) is 4.11. The van der Waals surface area contributed by atoms with E-state index in [9.17, 15) is 12.8 Å². The Hall–Kier alpha value is -1.10. The van der Waals surface area contributed by atoms with Crippen LogP contribution in [0, 0.1) is 12.7 Å². The molecule has 1 aromatic carbocycles. The van der Waals surface area contributed by atoms with Gasteiger partial charge in [-0.25, -0.2) is 12.8 Å². The molecule has 1 aromatic rings. The lowest BCUT2D eigenvalue weighted by atomic mass is 10.2. The number of benzene rings is 1. The number of sulfonamides is 1. The molecular formula is C10H14FNO2S. The highest BCUT2D eigenvalue weighted by Gasteiger charge is 2.09. The first-order chi connectivity index (χ1) is 6.93. The fourth-order valence-corrected chi connectivity index (χ4v) is 2.41. The second kappa shape index (κ2) is 4.61. The lowest BCUT2D eigenvalue weighted by Gasteiger charge is -2.07. The average Bonchev–Trinajstić information content (AvgIpc) is 1.99. The Labute approximate surface area is 89.4 Å². The first-order valence-corrected chi connectivity index (χ1v) is 6.36. The van der Waals surface area contributed by atoms with Crippen LogP contribution >= 0.6 is 0 Å². The minimum atomic E-state index is -3.33. The van der Waals surface area contributed by atoms with Crippen molar-refractivity contribution in [1.82, 2.24) is 0 Å². The van der Waals surface area contributed by atoms with Crippen molar-refractivity contribution >= 4 is 15.7 Å². The number of aryl methyl sites for hydroxylation is 1. The summed E-state index contributed by atoms with van der Waals surface area (Å²) in [4.78, 5) is 0. The predicted molar refractivity (Wildman–Crippen MR) is 58.8 cm³/mol. The molecule has 0 fully saturated rings. The Bertz CT molecular complexity index is 422. The largest absolute Gasteiger partial charge is 0.283 e. The van der Waals surface area contributed by atoms with Gasteiger partial charge in [-0.2, -0.15) is 0 Å². The Balaban J connectivity index is 2.90. The molecule has 0 amide bonds. The van der Waals surface area contributed by atoms with Gasteiger partial charge in [0.25, 0.3) is 0 Å². The molecule has 0 unspecified atom stereocenters. The van der Waals surface area contributed by atoms with Crippen molar-refractivity contribution in [3.8, 4) is 0 Å². The topological polar surface area (TPSA) is 46.2 Å². The first kappa shape index (κ1) is 12.0. The highest BCUT2D eigenvalue weighted by atomic mass is 32.2. The van der Waals surface area contributed by atoms with E-state index in [1.165, 1.54) is 12.1 Å². The number of hydrogen-bond donors (Lipinski definition) is 1. The van der Waals surface area contributed by atoms with Crippen molar-refractivity contribution in [3.05, 3.63) is 29.6 Å². The van der Waals surface area contributed by atoms with Crippen LogP contribution in [-0.4, -0.2) is 14.2 Å². The fourth-order valence-electron chi connectivity index (χ4n) is 1.29. The maximum atomic E-state index is 13.0. The summed E-state index contributed by atoms with van der Waals surface area (Å²) in [6.45, 7) is 3.48. The standard InChI is InChI=1S/C10H14FNO2S/c1-3-4-15(13,14)12-10-6-8(2)5-9(11)7-10/h5-7,12H,3-4H2,1-2H3. The Morgan fingerprint density at radius 2 is 2.00 bits per heavy atom. The van der Waals surface area contributed by atoms with Gasteiger partial charge in [-0.15, -0.1) is 0 Å². The Morgan fingerprint density at radius 3 is 2.53 bits per heavy atom. The van der Waals surface area contributed by atoms with Crippen molar-refractivity contribution in [1.29, 1.82) is 0 Å². The van der Waals surface area contributed by atoms with Crippen LogP contribution < -0.4 is 4.72 Å². The van der Waals surface area contributed by atoms with Crippen molar-refractivity contribution < 1.29 is 12.8 Å². The van der Waals surface area contributed by atoms with E-state index < -0.39 is 15.8 Å². The number of anilines is 1. The maximum Gasteiger partial charge on any atom is 0.232 e. The molecule has 0 radical (unpaired) electrons. The maximum absolute atomic E-state index is 13.0. The van der Waals surface area contributed by atoms with E-state index in [0.29, 0.717) is 12.0 Å². The quantitative estimate of drug-likeness (QED) is 0.864. The third-order valence-electron chi connectivity index (χ3n) is 1.79. The molecule has 0 heterocycles. The molecule has 0 aliphatic rings. The van der Waals surface area contributed by atoms with Gasteiger partial charge in [-0.1, -0.05) is 6.92 Å². The van der Waals surface area contributed by atoms with Gasteiger partial charge in [0.2, 0.25) is 10.0 Å². The average molecular weight is 231 g/mol. The van der Waals surface area contributed by atoms with Gasteiger partial charge < -0.3 is 0 Å². The van der Waals surface area contributed by atoms with Gasteiger partial charge in [0.1, 0.15) is 5.82 Å². The highest BCUT2D eigenvalue weighted by Crippen LogP contribution is 2.14. The van der Waals surface area contributed by atoms with Crippen molar-refractivity contribution in [2.24, 2.45) is 0 Å². The van der Waals surface area contributed by atoms with Gasteiger partial charge in [-0.05, 0) is 37.1 Å². The molecule has 0 aromatic heterocycles. The molecule has 0 atom stereocenters. The zero-order valence-electron chi connectivity index (χ0n) is 8.75. The normalized spacial score (nSPS) is 11.4. The molecule has 0 bridgehead atoms. The van der Waals surface area contributed by atoms with Crippen LogP contribution in [0.3, 0.4) is 0 Å². The predicted octanol–water partition coefficient (Wildman–Crippen LogP) is 2.29. The van der Waals surface area contributed by atoms with Crippen molar-refractivity contribution in [2.75, 3.05) is 10.5 Å². The fraction of sp³-hybridized carbons (Fsp3) is 0.400. The van der Waals surface area contributed by atoms with E-state index in [0.717, 1.165) is 0 Å². The lowest BCUT2D eigenvalue weighted by Crippen LogP contribution is -2.16. The van der Waals surface area contributed by atoms with Crippen LogP contribution in [0.1, 0.15) is 18.9 Å². The molecular weight excluding hydrogens is 217 g/mol. The van der Waals surface area contributed by atoms with E-state index in [1.807, 2.05) is 0 Å². The summed E-state index contributed by atoms with van der Waals surface area (Å²) in [5.41, 5.74) is 0.963. The SMILES string of the molecule is CCCS(=O)(=O)Nc1cc(C)cc(F)c1. The number of nitrogens with one attached hydrogen (secondary N) is 1. The highest BCUT2D eigenvalue weighted by molar-refractivity contribution is 7.92. The molecule has 0 saturated heterocycles. The van der Waals surface area contributed by atoms with Crippen molar-refractivity contribution in [2.45, 2.75) is 20.3 Å². The van der Waals surface area contributed by atoms with Crippen LogP contribution in [0.4, 0.5) is 10.1 Å². The molecule has 0 saturated carbocycles. The van der Waals surface area contributed by atoms with Crippen molar-refractivity contribution in [3.63, 3.8) is 0 Å². The van der Waals surface area contributed by atoms with Gasteiger partial charge in [-0.3, -0.25) is 4.72 Å². The molecule has 1 rings (SSSR count). The first-order valence-electron chi connectivity index (χ1n) is 4.70. The van der Waals surface area contributed by atoms with E-state index in [-0.39, 0.29) is 11.4 Å². The van der Waals surface area contributed by atoms with E-state index in [2.05, 4.69) is 4.72 Å². The molecule has 0 spiro atoms. The van der Waals surface area contributed by atoms with Gasteiger partial charge in [0.15, 0.2) is 0 Å². The number of rotatable bonds is 4. The zero-order valence-corrected chi connectivity index (χ0v) is 9.57. The van der Waals surface area contributed by atoms with Crippen LogP contribution in [-0.2, 0) is 10.0 Å².